The molecule has 3 N–H and O–H groups in total. The number of nitrogens with zero attached hydrogens (tertiary/aromatic N) is 2. The lowest BCUT2D eigenvalue weighted by Gasteiger charge is -2.33. The molecule has 1 unspecified atom stereocenters. The fraction of sp³-hybridized carbons (Fsp3) is 0.323. The summed E-state index contributed by atoms with van der Waals surface area (Å²) in [7, 11) is 0. The van der Waals surface area contributed by atoms with Crippen LogP contribution in [0.15, 0.2) is 77.9 Å². The highest BCUT2D eigenvalue weighted by Gasteiger charge is 2.26. The van der Waals surface area contributed by atoms with Gasteiger partial charge in [-0.05, 0) is 48.6 Å². The van der Waals surface area contributed by atoms with Crippen LogP contribution in [0.5, 0.6) is 0 Å². The number of hydrogen-bond donors (Lipinski definition) is 3. The number of halogens is 1. The van der Waals surface area contributed by atoms with Crippen molar-refractivity contribution in [2.75, 3.05) is 31.7 Å². The van der Waals surface area contributed by atoms with Crippen LogP contribution >= 0.6 is 11.6 Å². The Morgan fingerprint density at radius 3 is 2.80 bits per heavy atom. The lowest BCUT2D eigenvalue weighted by Crippen LogP contribution is -2.39. The summed E-state index contributed by atoms with van der Waals surface area (Å²) < 4.78 is 17.2. The van der Waals surface area contributed by atoms with E-state index in [0.717, 1.165) is 44.7 Å². The first-order valence-electron chi connectivity index (χ1n) is 13.5. The van der Waals surface area contributed by atoms with Crippen molar-refractivity contribution in [3.8, 4) is 0 Å². The number of allylic oxidation sites excluding steroid dienone is 3. The van der Waals surface area contributed by atoms with Gasteiger partial charge in [-0.2, -0.15) is 0 Å². The minimum Gasteiger partial charge on any atom is -0.487 e. The molecular weight excluding hydrogens is 544 g/mol. The van der Waals surface area contributed by atoms with Crippen molar-refractivity contribution in [2.24, 2.45) is 0 Å². The standard InChI is InChI=1S/C31H35ClN4O5/c1-4-25(27-7-6-8-28(34-27)35-30(40-5-2)26(16-33)31(37)38)29(20(3)32)41-18-21-9-10-23-17-36(13-11-22(23)15-21)24-12-14-39-19-24/h4,6-10,15-16,24,33H,1,3,5,11-14,17-19H2,2H3,(H,34,35)(H,37,38)/b29-25-,30-26-,33-16?. The number of ether oxygens (including phenoxy) is 3. The zero-order valence-electron chi connectivity index (χ0n) is 23.1. The number of hydrogen-bond acceptors (Lipinski definition) is 8. The van der Waals surface area contributed by atoms with Crippen LogP contribution < -0.4 is 5.32 Å². The van der Waals surface area contributed by atoms with E-state index in [1.165, 1.54) is 11.1 Å². The van der Waals surface area contributed by atoms with E-state index >= 15 is 0 Å². The Morgan fingerprint density at radius 2 is 2.15 bits per heavy atom. The van der Waals surface area contributed by atoms with Crippen molar-refractivity contribution in [3.05, 3.63) is 100 Å². The molecular formula is C31H35ClN4O5. The van der Waals surface area contributed by atoms with Gasteiger partial charge in [0.15, 0.2) is 0 Å². The van der Waals surface area contributed by atoms with E-state index in [4.69, 9.17) is 31.2 Å². The number of carboxylic acids is 1. The van der Waals surface area contributed by atoms with Gasteiger partial charge in [0, 0.05) is 37.5 Å². The predicted molar refractivity (Wildman–Crippen MR) is 160 cm³/mol. The molecule has 4 rings (SSSR count). The number of carboxylic acid groups (broad SMARTS) is 1. The molecule has 0 saturated carbocycles. The normalized spacial score (nSPS) is 18.0. The number of aromatic nitrogens is 1. The van der Waals surface area contributed by atoms with Crippen molar-refractivity contribution in [1.82, 2.24) is 9.88 Å². The molecule has 2 aliphatic heterocycles. The topological polar surface area (TPSA) is 117 Å². The maximum absolute atomic E-state index is 11.5. The molecule has 1 saturated heterocycles. The lowest BCUT2D eigenvalue weighted by atomic mass is 9.96. The highest BCUT2D eigenvalue weighted by atomic mass is 35.5. The van der Waals surface area contributed by atoms with Crippen molar-refractivity contribution >= 4 is 35.2 Å². The third-order valence-corrected chi connectivity index (χ3v) is 7.16. The van der Waals surface area contributed by atoms with Crippen LogP contribution in [-0.2, 0) is 38.6 Å². The number of anilines is 1. The molecule has 1 atom stereocenters. The molecule has 216 valence electrons. The smallest absolute Gasteiger partial charge is 0.342 e. The summed E-state index contributed by atoms with van der Waals surface area (Å²) in [6, 6.07) is 12.1. The molecule has 1 fully saturated rings. The monoisotopic (exact) mass is 578 g/mol. The molecule has 0 bridgehead atoms. The zero-order valence-corrected chi connectivity index (χ0v) is 23.9. The zero-order chi connectivity index (χ0) is 29.4. The Balaban J connectivity index is 1.53. The van der Waals surface area contributed by atoms with Gasteiger partial charge >= 0.3 is 5.97 Å². The van der Waals surface area contributed by atoms with Crippen LogP contribution in [0.3, 0.4) is 0 Å². The van der Waals surface area contributed by atoms with Gasteiger partial charge in [-0.3, -0.25) is 4.90 Å². The van der Waals surface area contributed by atoms with E-state index < -0.39 is 5.97 Å². The molecule has 0 aliphatic carbocycles. The van der Waals surface area contributed by atoms with Gasteiger partial charge in [0.05, 0.1) is 23.9 Å². The Kier molecular flexibility index (Phi) is 10.3. The van der Waals surface area contributed by atoms with Crippen LogP contribution in [0.25, 0.3) is 5.57 Å². The summed E-state index contributed by atoms with van der Waals surface area (Å²) in [6.07, 6.45) is 4.37. The minimum atomic E-state index is -1.30. The highest BCUT2D eigenvalue weighted by Crippen LogP contribution is 2.29. The number of benzene rings is 1. The second kappa shape index (κ2) is 14.1. The average molecular weight is 579 g/mol. The predicted octanol–water partition coefficient (Wildman–Crippen LogP) is 5.49. The summed E-state index contributed by atoms with van der Waals surface area (Å²) in [6.45, 7) is 13.6. The van der Waals surface area contributed by atoms with Gasteiger partial charge in [-0.25, -0.2) is 9.78 Å². The maximum atomic E-state index is 11.5. The number of carbonyl (C=O) groups is 1. The molecule has 41 heavy (non-hydrogen) atoms. The minimum absolute atomic E-state index is 0.0888. The van der Waals surface area contributed by atoms with Gasteiger partial charge in [-0.1, -0.05) is 55.1 Å². The second-order valence-corrected chi connectivity index (χ2v) is 10.1. The maximum Gasteiger partial charge on any atom is 0.342 e. The first kappa shape index (κ1) is 30.0. The van der Waals surface area contributed by atoms with E-state index in [-0.39, 0.29) is 29.7 Å². The first-order valence-corrected chi connectivity index (χ1v) is 13.8. The summed E-state index contributed by atoms with van der Waals surface area (Å²) >= 11 is 6.39. The van der Waals surface area contributed by atoms with Gasteiger partial charge in [0.25, 0.3) is 0 Å². The average Bonchev–Trinajstić information content (AvgIpc) is 3.50. The molecule has 9 nitrogen and oxygen atoms in total. The largest absolute Gasteiger partial charge is 0.487 e. The summed E-state index contributed by atoms with van der Waals surface area (Å²) in [5, 5.41) is 19.9. The van der Waals surface area contributed by atoms with Crippen molar-refractivity contribution < 1.29 is 24.1 Å². The Bertz CT molecular complexity index is 1380. The first-order chi connectivity index (χ1) is 19.8. The van der Waals surface area contributed by atoms with Crippen molar-refractivity contribution in [3.63, 3.8) is 0 Å². The molecule has 2 aliphatic rings. The van der Waals surface area contributed by atoms with Crippen LogP contribution in [0.4, 0.5) is 5.82 Å². The lowest BCUT2D eigenvalue weighted by molar-refractivity contribution is -0.132. The van der Waals surface area contributed by atoms with Gasteiger partial charge in [-0.15, -0.1) is 0 Å². The number of nitrogens with one attached hydrogen (secondary N) is 2. The quantitative estimate of drug-likeness (QED) is 0.124. The molecule has 0 spiro atoms. The van der Waals surface area contributed by atoms with E-state index in [9.17, 15) is 9.90 Å². The fourth-order valence-corrected chi connectivity index (χ4v) is 5.09. The molecule has 0 radical (unpaired) electrons. The molecule has 2 aromatic rings. The van der Waals surface area contributed by atoms with E-state index in [0.29, 0.717) is 35.1 Å². The van der Waals surface area contributed by atoms with Gasteiger partial charge < -0.3 is 30.0 Å². The Morgan fingerprint density at radius 1 is 1.32 bits per heavy atom. The van der Waals surface area contributed by atoms with E-state index in [2.05, 4.69) is 46.6 Å². The van der Waals surface area contributed by atoms with Gasteiger partial charge in [0.2, 0.25) is 5.88 Å². The summed E-state index contributed by atoms with van der Waals surface area (Å²) in [4.78, 5) is 18.6. The highest BCUT2D eigenvalue weighted by molar-refractivity contribution is 6.32. The van der Waals surface area contributed by atoms with Crippen LogP contribution in [-0.4, -0.2) is 59.6 Å². The Labute approximate surface area is 245 Å². The number of rotatable bonds is 13. The van der Waals surface area contributed by atoms with Crippen molar-refractivity contribution in [1.29, 1.82) is 5.41 Å². The number of fused-ring (bicyclic) bond motifs is 1. The SMILES string of the molecule is C=C/C(=C(/OCc1ccc2c(c1)CCN(C1CCOC1)C2)C(=C)Cl)c1cccc(N/C(OCC)=C(\C=N)C(=O)O)n1. The van der Waals surface area contributed by atoms with Crippen LogP contribution in [0.1, 0.15) is 35.7 Å². The molecule has 0 amide bonds. The molecule has 3 heterocycles. The Hall–Kier alpha value is -3.92. The molecule has 10 heteroatoms. The number of pyridine rings is 1. The van der Waals surface area contributed by atoms with Crippen LogP contribution in [0.2, 0.25) is 0 Å². The van der Waals surface area contributed by atoms with E-state index in [1.54, 1.807) is 31.2 Å². The number of aliphatic carboxylic acids is 1. The summed E-state index contributed by atoms with van der Waals surface area (Å²) in [5.41, 5.74) is 4.34. The van der Waals surface area contributed by atoms with E-state index in [1.807, 2.05) is 0 Å². The molecule has 1 aromatic heterocycles. The molecule has 1 aromatic carbocycles. The van der Waals surface area contributed by atoms with Crippen LogP contribution in [0, 0.1) is 5.41 Å². The van der Waals surface area contributed by atoms with Gasteiger partial charge in [0.1, 0.15) is 23.8 Å². The third kappa shape index (κ3) is 7.43. The summed E-state index contributed by atoms with van der Waals surface area (Å²) in [5.74, 6) is -0.744. The third-order valence-electron chi connectivity index (χ3n) is 6.99. The fourth-order valence-electron chi connectivity index (χ4n) is 4.93. The second-order valence-electron chi connectivity index (χ2n) is 9.64. The van der Waals surface area contributed by atoms with Crippen molar-refractivity contribution in [2.45, 2.75) is 39.0 Å².